The Labute approximate surface area is 71.5 Å². The van der Waals surface area contributed by atoms with E-state index in [4.69, 9.17) is 4.74 Å². The van der Waals surface area contributed by atoms with E-state index in [0.29, 0.717) is 5.76 Å². The molecule has 0 aliphatic heterocycles. The van der Waals surface area contributed by atoms with Crippen LogP contribution in [0.15, 0.2) is 48.3 Å². The maximum atomic E-state index is 11.0. The van der Waals surface area contributed by atoms with Gasteiger partial charge in [0.15, 0.2) is 5.76 Å². The topological polar surface area (TPSA) is 26.3 Å². The summed E-state index contributed by atoms with van der Waals surface area (Å²) in [6.45, 7) is 3.56. The monoisotopic (exact) mass is 162 g/mol. The number of hydrogen-bond acceptors (Lipinski definition) is 2. The molecule has 0 bridgehead atoms. The third-order valence-electron chi connectivity index (χ3n) is 1.50. The first kappa shape index (κ1) is 8.53. The second-order valence-corrected chi connectivity index (χ2v) is 2.31. The van der Waals surface area contributed by atoms with Gasteiger partial charge in [0.2, 0.25) is 5.78 Å². The first-order valence-electron chi connectivity index (χ1n) is 3.58. The molecule has 0 aromatic carbocycles. The number of allylic oxidation sites excluding steroid dienone is 6. The van der Waals surface area contributed by atoms with Crippen molar-refractivity contribution in [1.29, 1.82) is 0 Å². The van der Waals surface area contributed by atoms with Gasteiger partial charge in [-0.1, -0.05) is 24.8 Å². The standard InChI is InChI=1S/C10H10O2/c1-3-4-8-5-6-9(11)10(7-8)12-2/h3-7H,1H2,2H3/b8-4-. The first-order chi connectivity index (χ1) is 5.77. The molecular weight excluding hydrogens is 152 g/mol. The van der Waals surface area contributed by atoms with Crippen molar-refractivity contribution in [2.24, 2.45) is 0 Å². The SMILES string of the molecule is C=C/C=C1/C=CC(=O)C(OC)=C1. The molecule has 1 aliphatic rings. The van der Waals surface area contributed by atoms with Crippen LogP contribution < -0.4 is 0 Å². The van der Waals surface area contributed by atoms with Gasteiger partial charge in [-0.25, -0.2) is 0 Å². The van der Waals surface area contributed by atoms with Crippen molar-refractivity contribution in [3.63, 3.8) is 0 Å². The van der Waals surface area contributed by atoms with Gasteiger partial charge in [0.1, 0.15) is 0 Å². The Kier molecular flexibility index (Phi) is 2.64. The molecule has 0 N–H and O–H groups in total. The maximum Gasteiger partial charge on any atom is 0.220 e. The van der Waals surface area contributed by atoms with E-state index in [1.165, 1.54) is 13.2 Å². The third-order valence-corrected chi connectivity index (χ3v) is 1.50. The molecule has 0 atom stereocenters. The summed E-state index contributed by atoms with van der Waals surface area (Å²) < 4.78 is 4.87. The lowest BCUT2D eigenvalue weighted by atomic mass is 10.1. The highest BCUT2D eigenvalue weighted by molar-refractivity contribution is 6.04. The van der Waals surface area contributed by atoms with Crippen molar-refractivity contribution in [2.75, 3.05) is 7.11 Å². The van der Waals surface area contributed by atoms with E-state index >= 15 is 0 Å². The fourth-order valence-corrected chi connectivity index (χ4v) is 0.924. The molecule has 0 saturated carbocycles. The molecule has 1 aliphatic carbocycles. The van der Waals surface area contributed by atoms with Gasteiger partial charge in [-0.05, 0) is 17.7 Å². The number of rotatable bonds is 2. The van der Waals surface area contributed by atoms with Crippen molar-refractivity contribution < 1.29 is 9.53 Å². The zero-order valence-electron chi connectivity index (χ0n) is 6.91. The van der Waals surface area contributed by atoms with E-state index in [2.05, 4.69) is 6.58 Å². The van der Waals surface area contributed by atoms with Gasteiger partial charge in [0.05, 0.1) is 7.11 Å². The van der Waals surface area contributed by atoms with Crippen molar-refractivity contribution in [3.8, 4) is 0 Å². The van der Waals surface area contributed by atoms with Crippen LogP contribution in [0, 0.1) is 0 Å². The molecule has 0 radical (unpaired) electrons. The summed E-state index contributed by atoms with van der Waals surface area (Å²) in [4.78, 5) is 11.0. The Hall–Kier alpha value is -1.57. The molecule has 0 heterocycles. The molecule has 12 heavy (non-hydrogen) atoms. The molecule has 62 valence electrons. The Morgan fingerprint density at radius 3 is 2.83 bits per heavy atom. The minimum atomic E-state index is -0.0984. The summed E-state index contributed by atoms with van der Waals surface area (Å²) in [6, 6.07) is 0. The lowest BCUT2D eigenvalue weighted by molar-refractivity contribution is -0.114. The zero-order chi connectivity index (χ0) is 8.97. The third kappa shape index (κ3) is 1.72. The van der Waals surface area contributed by atoms with Crippen LogP contribution in [0.3, 0.4) is 0 Å². The quantitative estimate of drug-likeness (QED) is 0.618. The van der Waals surface area contributed by atoms with Gasteiger partial charge in [-0.15, -0.1) is 0 Å². The highest BCUT2D eigenvalue weighted by atomic mass is 16.5. The second-order valence-electron chi connectivity index (χ2n) is 2.31. The van der Waals surface area contributed by atoms with Crippen LogP contribution >= 0.6 is 0 Å². The smallest absolute Gasteiger partial charge is 0.220 e. The zero-order valence-corrected chi connectivity index (χ0v) is 6.91. The summed E-state index contributed by atoms with van der Waals surface area (Å²) in [7, 11) is 1.48. The number of ketones is 1. The predicted octanol–water partition coefficient (Wildman–Crippen LogP) is 1.77. The van der Waals surface area contributed by atoms with Crippen molar-refractivity contribution in [3.05, 3.63) is 48.3 Å². The van der Waals surface area contributed by atoms with E-state index in [-0.39, 0.29) is 5.78 Å². The van der Waals surface area contributed by atoms with Gasteiger partial charge < -0.3 is 4.74 Å². The average Bonchev–Trinajstić information content (AvgIpc) is 2.09. The number of hydrogen-bond donors (Lipinski definition) is 0. The molecule has 2 nitrogen and oxygen atoms in total. The summed E-state index contributed by atoms with van der Waals surface area (Å²) in [6.07, 6.45) is 8.37. The summed E-state index contributed by atoms with van der Waals surface area (Å²) in [5.74, 6) is 0.268. The molecule has 0 spiro atoms. The van der Waals surface area contributed by atoms with Gasteiger partial charge in [-0.3, -0.25) is 4.79 Å². The van der Waals surface area contributed by atoms with Crippen LogP contribution in [0.2, 0.25) is 0 Å². The molecule has 0 amide bonds. The molecule has 1 rings (SSSR count). The van der Waals surface area contributed by atoms with Crippen LogP contribution in [-0.2, 0) is 9.53 Å². The minimum absolute atomic E-state index is 0.0984. The lowest BCUT2D eigenvalue weighted by Gasteiger charge is -2.06. The summed E-state index contributed by atoms with van der Waals surface area (Å²) >= 11 is 0. The molecule has 0 saturated heterocycles. The molecule has 0 aromatic rings. The summed E-state index contributed by atoms with van der Waals surface area (Å²) in [5.41, 5.74) is 0.918. The molecule has 0 aromatic heterocycles. The maximum absolute atomic E-state index is 11.0. The van der Waals surface area contributed by atoms with E-state index in [1.807, 2.05) is 6.08 Å². The average molecular weight is 162 g/mol. The number of carbonyl (C=O) groups is 1. The van der Waals surface area contributed by atoms with Crippen molar-refractivity contribution >= 4 is 5.78 Å². The van der Waals surface area contributed by atoms with E-state index < -0.39 is 0 Å². The van der Waals surface area contributed by atoms with Gasteiger partial charge in [0, 0.05) is 0 Å². The first-order valence-corrected chi connectivity index (χ1v) is 3.58. The number of carbonyl (C=O) groups excluding carboxylic acids is 1. The van der Waals surface area contributed by atoms with E-state index in [1.54, 1.807) is 18.2 Å². The Morgan fingerprint density at radius 2 is 2.25 bits per heavy atom. The molecular formula is C10H10O2. The van der Waals surface area contributed by atoms with Crippen molar-refractivity contribution in [2.45, 2.75) is 0 Å². The van der Waals surface area contributed by atoms with Gasteiger partial charge in [0.25, 0.3) is 0 Å². The van der Waals surface area contributed by atoms with E-state index in [9.17, 15) is 4.79 Å². The Balaban J connectivity index is 2.93. The predicted molar refractivity (Wildman–Crippen MR) is 47.5 cm³/mol. The van der Waals surface area contributed by atoms with E-state index in [0.717, 1.165) is 5.57 Å². The normalized spacial score (nSPS) is 19.2. The number of methoxy groups -OCH3 is 1. The van der Waals surface area contributed by atoms with Crippen LogP contribution in [0.25, 0.3) is 0 Å². The Morgan fingerprint density at radius 1 is 1.50 bits per heavy atom. The molecule has 2 heteroatoms. The molecule has 0 fully saturated rings. The summed E-state index contributed by atoms with van der Waals surface area (Å²) in [5, 5.41) is 0. The Bertz CT molecular complexity index is 293. The highest BCUT2D eigenvalue weighted by Crippen LogP contribution is 2.12. The van der Waals surface area contributed by atoms with Crippen molar-refractivity contribution in [1.82, 2.24) is 0 Å². The second kappa shape index (κ2) is 3.72. The molecule has 0 unspecified atom stereocenters. The highest BCUT2D eigenvalue weighted by Gasteiger charge is 2.10. The largest absolute Gasteiger partial charge is 0.493 e. The van der Waals surface area contributed by atoms with Gasteiger partial charge >= 0.3 is 0 Å². The fraction of sp³-hybridized carbons (Fsp3) is 0.100. The fourth-order valence-electron chi connectivity index (χ4n) is 0.924. The van der Waals surface area contributed by atoms with Crippen LogP contribution in [0.5, 0.6) is 0 Å². The lowest BCUT2D eigenvalue weighted by Crippen LogP contribution is -2.04. The van der Waals surface area contributed by atoms with Gasteiger partial charge in [-0.2, -0.15) is 0 Å². The number of ether oxygens (including phenoxy) is 1. The minimum Gasteiger partial charge on any atom is -0.493 e. The van der Waals surface area contributed by atoms with Crippen LogP contribution in [-0.4, -0.2) is 12.9 Å². The van der Waals surface area contributed by atoms with Crippen LogP contribution in [0.1, 0.15) is 0 Å². The van der Waals surface area contributed by atoms with Crippen LogP contribution in [0.4, 0.5) is 0 Å².